The zero-order chi connectivity index (χ0) is 16.4. The van der Waals surface area contributed by atoms with Crippen LogP contribution >= 0.6 is 0 Å². The minimum Gasteiger partial charge on any atom is -0.338 e. The number of nitrogens with one attached hydrogen (secondary N) is 2. The van der Waals surface area contributed by atoms with Crippen LogP contribution in [0.25, 0.3) is 0 Å². The molecule has 1 heterocycles. The van der Waals surface area contributed by atoms with Crippen LogP contribution in [0.5, 0.6) is 0 Å². The lowest BCUT2D eigenvalue weighted by molar-refractivity contribution is 0.198. The SMILES string of the molecule is C[C@H](NC(=O)NCC(C)(C)C1CCCC1)c1nnnn1C1CC1. The Morgan fingerprint density at radius 1 is 1.30 bits per heavy atom. The van der Waals surface area contributed by atoms with Gasteiger partial charge in [-0.15, -0.1) is 5.10 Å². The van der Waals surface area contributed by atoms with Gasteiger partial charge in [0.25, 0.3) is 0 Å². The first-order chi connectivity index (χ1) is 11.0. The summed E-state index contributed by atoms with van der Waals surface area (Å²) in [5.74, 6) is 1.44. The van der Waals surface area contributed by atoms with Crippen LogP contribution in [0.3, 0.4) is 0 Å². The van der Waals surface area contributed by atoms with E-state index in [2.05, 4.69) is 40.0 Å². The van der Waals surface area contributed by atoms with Crippen molar-refractivity contribution in [3.63, 3.8) is 0 Å². The van der Waals surface area contributed by atoms with Crippen molar-refractivity contribution in [3.8, 4) is 0 Å². The first kappa shape index (κ1) is 16.2. The topological polar surface area (TPSA) is 84.7 Å². The number of urea groups is 1. The van der Waals surface area contributed by atoms with Crippen LogP contribution in [0.1, 0.15) is 77.2 Å². The highest BCUT2D eigenvalue weighted by atomic mass is 16.2. The highest BCUT2D eigenvalue weighted by Crippen LogP contribution is 2.39. The van der Waals surface area contributed by atoms with E-state index in [1.165, 1.54) is 25.7 Å². The van der Waals surface area contributed by atoms with E-state index < -0.39 is 0 Å². The molecule has 2 amide bonds. The van der Waals surface area contributed by atoms with Gasteiger partial charge < -0.3 is 10.6 Å². The van der Waals surface area contributed by atoms with Crippen LogP contribution in [-0.4, -0.2) is 32.8 Å². The van der Waals surface area contributed by atoms with Crippen LogP contribution in [0, 0.1) is 11.3 Å². The van der Waals surface area contributed by atoms with Crippen molar-refractivity contribution in [2.75, 3.05) is 6.54 Å². The average Bonchev–Trinajstić information content (AvgIpc) is 3.03. The maximum Gasteiger partial charge on any atom is 0.315 e. The molecular weight excluding hydrogens is 292 g/mol. The third-order valence-corrected chi connectivity index (χ3v) is 5.31. The number of hydrogen-bond acceptors (Lipinski definition) is 4. The molecule has 0 bridgehead atoms. The number of rotatable bonds is 6. The maximum atomic E-state index is 12.2. The maximum absolute atomic E-state index is 12.2. The number of aromatic nitrogens is 4. The molecule has 2 aliphatic rings. The monoisotopic (exact) mass is 320 g/mol. The molecule has 0 unspecified atom stereocenters. The Morgan fingerprint density at radius 2 is 2.00 bits per heavy atom. The van der Waals surface area contributed by atoms with Gasteiger partial charge in [-0.05, 0) is 54.4 Å². The molecule has 1 aromatic rings. The van der Waals surface area contributed by atoms with E-state index >= 15 is 0 Å². The number of tetrazole rings is 1. The molecule has 0 aromatic carbocycles. The highest BCUT2D eigenvalue weighted by molar-refractivity contribution is 5.74. The van der Waals surface area contributed by atoms with Crippen molar-refractivity contribution in [3.05, 3.63) is 5.82 Å². The van der Waals surface area contributed by atoms with Crippen LogP contribution in [0.4, 0.5) is 4.79 Å². The zero-order valence-corrected chi connectivity index (χ0v) is 14.4. The summed E-state index contributed by atoms with van der Waals surface area (Å²) in [6, 6.07) is 0.0720. The lowest BCUT2D eigenvalue weighted by Gasteiger charge is -2.32. The molecule has 3 rings (SSSR count). The van der Waals surface area contributed by atoms with E-state index in [9.17, 15) is 4.79 Å². The van der Waals surface area contributed by atoms with Crippen molar-refractivity contribution >= 4 is 6.03 Å². The quantitative estimate of drug-likeness (QED) is 0.843. The summed E-state index contributed by atoms with van der Waals surface area (Å²) in [5, 5.41) is 17.8. The molecule has 0 radical (unpaired) electrons. The second-order valence-corrected chi connectivity index (χ2v) is 7.73. The highest BCUT2D eigenvalue weighted by Gasteiger charge is 2.33. The number of hydrogen-bond donors (Lipinski definition) is 2. The van der Waals surface area contributed by atoms with Crippen LogP contribution in [-0.2, 0) is 0 Å². The fraction of sp³-hybridized carbons (Fsp3) is 0.875. The van der Waals surface area contributed by atoms with Crippen molar-refractivity contribution in [2.24, 2.45) is 11.3 Å². The Balaban J connectivity index is 1.49. The molecule has 23 heavy (non-hydrogen) atoms. The summed E-state index contributed by atoms with van der Waals surface area (Å²) >= 11 is 0. The van der Waals surface area contributed by atoms with Crippen molar-refractivity contribution in [2.45, 2.75) is 71.4 Å². The van der Waals surface area contributed by atoms with Gasteiger partial charge in [0.15, 0.2) is 5.82 Å². The third-order valence-electron chi connectivity index (χ3n) is 5.31. The standard InChI is InChI=1S/C16H28N6O/c1-11(14-19-20-21-22(14)13-8-9-13)18-15(23)17-10-16(2,3)12-6-4-5-7-12/h11-13H,4-10H2,1-3H3,(H2,17,18,23)/t11-/m0/s1. The number of amides is 2. The van der Waals surface area contributed by atoms with Gasteiger partial charge in [0.1, 0.15) is 0 Å². The molecule has 2 saturated carbocycles. The summed E-state index contributed by atoms with van der Waals surface area (Å²) < 4.78 is 1.84. The summed E-state index contributed by atoms with van der Waals surface area (Å²) in [7, 11) is 0. The number of carbonyl (C=O) groups excluding carboxylic acids is 1. The molecular formula is C16H28N6O. The fourth-order valence-corrected chi connectivity index (χ4v) is 3.54. The van der Waals surface area contributed by atoms with Gasteiger partial charge in [-0.25, -0.2) is 9.48 Å². The third kappa shape index (κ3) is 3.82. The Bertz CT molecular complexity index is 545. The molecule has 128 valence electrons. The Morgan fingerprint density at radius 3 is 2.65 bits per heavy atom. The predicted molar refractivity (Wildman–Crippen MR) is 86.8 cm³/mol. The summed E-state index contributed by atoms with van der Waals surface area (Å²) in [4.78, 5) is 12.2. The smallest absolute Gasteiger partial charge is 0.315 e. The molecule has 1 atom stereocenters. The molecule has 2 aliphatic carbocycles. The second-order valence-electron chi connectivity index (χ2n) is 7.73. The molecule has 7 nitrogen and oxygen atoms in total. The fourth-order valence-electron chi connectivity index (χ4n) is 3.54. The molecule has 0 spiro atoms. The van der Waals surface area contributed by atoms with Gasteiger partial charge >= 0.3 is 6.03 Å². The van der Waals surface area contributed by atoms with Crippen molar-refractivity contribution in [1.29, 1.82) is 0 Å². The minimum atomic E-state index is -0.194. The number of carbonyl (C=O) groups is 1. The van der Waals surface area contributed by atoms with Gasteiger partial charge in [0.2, 0.25) is 0 Å². The molecule has 2 fully saturated rings. The number of nitrogens with zero attached hydrogens (tertiary/aromatic N) is 4. The summed E-state index contributed by atoms with van der Waals surface area (Å²) in [5.41, 5.74) is 0.146. The van der Waals surface area contributed by atoms with E-state index in [0.717, 1.165) is 18.7 Å². The molecule has 7 heteroatoms. The normalized spacial score (nSPS) is 20.5. The molecule has 0 saturated heterocycles. The Kier molecular flexibility index (Phi) is 4.55. The van der Waals surface area contributed by atoms with Crippen molar-refractivity contribution < 1.29 is 4.79 Å². The Hall–Kier alpha value is -1.66. The largest absolute Gasteiger partial charge is 0.338 e. The van der Waals surface area contributed by atoms with E-state index in [-0.39, 0.29) is 17.5 Å². The van der Waals surface area contributed by atoms with Gasteiger partial charge in [-0.1, -0.05) is 26.7 Å². The van der Waals surface area contributed by atoms with E-state index in [4.69, 9.17) is 0 Å². The molecule has 0 aliphatic heterocycles. The molecule has 1 aromatic heterocycles. The van der Waals surface area contributed by atoms with Crippen LogP contribution in [0.2, 0.25) is 0 Å². The van der Waals surface area contributed by atoms with Crippen molar-refractivity contribution in [1.82, 2.24) is 30.8 Å². The first-order valence-corrected chi connectivity index (χ1v) is 8.79. The van der Waals surface area contributed by atoms with Crippen LogP contribution < -0.4 is 10.6 Å². The zero-order valence-electron chi connectivity index (χ0n) is 14.4. The summed E-state index contributed by atoms with van der Waals surface area (Å²) in [6.45, 7) is 7.12. The average molecular weight is 320 g/mol. The predicted octanol–water partition coefficient (Wildman–Crippen LogP) is 2.58. The van der Waals surface area contributed by atoms with Gasteiger partial charge in [-0.2, -0.15) is 0 Å². The lowest BCUT2D eigenvalue weighted by Crippen LogP contribution is -2.43. The van der Waals surface area contributed by atoms with Crippen LogP contribution in [0.15, 0.2) is 0 Å². The van der Waals surface area contributed by atoms with E-state index in [1.807, 2.05) is 11.6 Å². The van der Waals surface area contributed by atoms with Gasteiger partial charge in [0.05, 0.1) is 12.1 Å². The molecule has 2 N–H and O–H groups in total. The van der Waals surface area contributed by atoms with E-state index in [0.29, 0.717) is 18.5 Å². The van der Waals surface area contributed by atoms with Gasteiger partial charge in [0, 0.05) is 6.54 Å². The first-order valence-electron chi connectivity index (χ1n) is 8.79. The lowest BCUT2D eigenvalue weighted by atomic mass is 9.78. The second kappa shape index (κ2) is 6.45. The summed E-state index contributed by atoms with van der Waals surface area (Å²) in [6.07, 6.45) is 7.44. The minimum absolute atomic E-state index is 0.145. The van der Waals surface area contributed by atoms with E-state index in [1.54, 1.807) is 0 Å². The Labute approximate surface area is 137 Å². The van der Waals surface area contributed by atoms with Gasteiger partial charge in [-0.3, -0.25) is 0 Å².